The number of amides is 1. The molecular formula is C21H30N4O2. The first kappa shape index (κ1) is 19.6. The van der Waals surface area contributed by atoms with E-state index in [-0.39, 0.29) is 30.1 Å². The van der Waals surface area contributed by atoms with Gasteiger partial charge in [0.1, 0.15) is 18.2 Å². The molecule has 6 heteroatoms. The average molecular weight is 370 g/mol. The molecule has 1 heterocycles. The third kappa shape index (κ3) is 4.23. The Morgan fingerprint density at radius 3 is 2.07 bits per heavy atom. The minimum absolute atomic E-state index is 0.0180. The number of carbonyl (C=O) groups excluding carboxylic acids is 1. The molecule has 0 aliphatic heterocycles. The molecule has 0 atom stereocenters. The summed E-state index contributed by atoms with van der Waals surface area (Å²) in [5.74, 6) is -0.0180. The second kappa shape index (κ2) is 8.69. The predicted octanol–water partition coefficient (Wildman–Crippen LogP) is 3.23. The highest BCUT2D eigenvalue weighted by Crippen LogP contribution is 2.30. The number of aryl methyl sites for hydroxylation is 1. The van der Waals surface area contributed by atoms with Crippen molar-refractivity contribution < 1.29 is 4.79 Å². The van der Waals surface area contributed by atoms with E-state index >= 15 is 0 Å². The van der Waals surface area contributed by atoms with Gasteiger partial charge in [-0.2, -0.15) is 10.4 Å². The van der Waals surface area contributed by atoms with Crippen LogP contribution < -0.4 is 5.56 Å². The SMILES string of the molecule is Cc1nn(CC(=O)N(C2CCCCC2)C2CCCCC2)c(=O)c(C#N)c1C. The zero-order valence-electron chi connectivity index (χ0n) is 16.5. The topological polar surface area (TPSA) is 79.0 Å². The molecule has 6 nitrogen and oxygen atoms in total. The number of rotatable bonds is 4. The van der Waals surface area contributed by atoms with Crippen molar-refractivity contribution in [2.45, 2.75) is 96.7 Å². The third-order valence-corrected chi connectivity index (χ3v) is 6.26. The van der Waals surface area contributed by atoms with Crippen LogP contribution in [0.25, 0.3) is 0 Å². The van der Waals surface area contributed by atoms with E-state index in [0.29, 0.717) is 11.3 Å². The van der Waals surface area contributed by atoms with Crippen LogP contribution in [-0.4, -0.2) is 32.7 Å². The Morgan fingerprint density at radius 2 is 1.59 bits per heavy atom. The lowest BCUT2D eigenvalue weighted by Gasteiger charge is -2.41. The first-order valence-electron chi connectivity index (χ1n) is 10.3. The Hall–Kier alpha value is -2.16. The van der Waals surface area contributed by atoms with E-state index < -0.39 is 5.56 Å². The molecule has 2 fully saturated rings. The lowest BCUT2D eigenvalue weighted by atomic mass is 9.88. The number of nitriles is 1. The zero-order valence-corrected chi connectivity index (χ0v) is 16.5. The molecule has 1 amide bonds. The third-order valence-electron chi connectivity index (χ3n) is 6.26. The van der Waals surface area contributed by atoms with Crippen LogP contribution in [0.1, 0.15) is 81.0 Å². The summed E-state index contributed by atoms with van der Waals surface area (Å²) in [5, 5.41) is 13.6. The molecule has 0 aromatic carbocycles. The summed E-state index contributed by atoms with van der Waals surface area (Å²) in [6.45, 7) is 3.43. The first-order chi connectivity index (χ1) is 13.0. The Morgan fingerprint density at radius 1 is 1.07 bits per heavy atom. The van der Waals surface area contributed by atoms with Gasteiger partial charge in [0.15, 0.2) is 0 Å². The fourth-order valence-corrected chi connectivity index (χ4v) is 4.64. The maximum atomic E-state index is 13.3. The summed E-state index contributed by atoms with van der Waals surface area (Å²) >= 11 is 0. The normalized spacial score (nSPS) is 18.9. The molecule has 2 aliphatic rings. The van der Waals surface area contributed by atoms with E-state index in [4.69, 9.17) is 0 Å². The van der Waals surface area contributed by atoms with E-state index in [1.165, 1.54) is 43.2 Å². The maximum absolute atomic E-state index is 13.3. The second-order valence-electron chi connectivity index (χ2n) is 8.04. The quantitative estimate of drug-likeness (QED) is 0.815. The lowest BCUT2D eigenvalue weighted by molar-refractivity contribution is -0.139. The van der Waals surface area contributed by atoms with Gasteiger partial charge >= 0.3 is 0 Å². The summed E-state index contributed by atoms with van der Waals surface area (Å²) in [6.07, 6.45) is 11.4. The molecule has 0 bridgehead atoms. The number of carbonyl (C=O) groups is 1. The van der Waals surface area contributed by atoms with E-state index in [2.05, 4.69) is 10.00 Å². The van der Waals surface area contributed by atoms with Crippen molar-refractivity contribution in [3.8, 4) is 6.07 Å². The molecule has 146 valence electrons. The van der Waals surface area contributed by atoms with Gasteiger partial charge in [-0.05, 0) is 45.1 Å². The smallest absolute Gasteiger partial charge is 0.285 e. The van der Waals surface area contributed by atoms with Crippen LogP contribution in [-0.2, 0) is 11.3 Å². The van der Waals surface area contributed by atoms with Gasteiger partial charge in [0.05, 0.1) is 5.69 Å². The highest BCUT2D eigenvalue weighted by Gasteiger charge is 2.32. The number of nitrogens with zero attached hydrogens (tertiary/aromatic N) is 4. The minimum atomic E-state index is -0.457. The highest BCUT2D eigenvalue weighted by atomic mass is 16.2. The van der Waals surface area contributed by atoms with Crippen LogP contribution in [0, 0.1) is 25.2 Å². The van der Waals surface area contributed by atoms with E-state index in [1.54, 1.807) is 13.8 Å². The molecule has 2 saturated carbocycles. The Balaban J connectivity index is 1.87. The van der Waals surface area contributed by atoms with Crippen molar-refractivity contribution in [3.05, 3.63) is 27.2 Å². The van der Waals surface area contributed by atoms with Crippen LogP contribution in [0.4, 0.5) is 0 Å². The van der Waals surface area contributed by atoms with E-state index in [0.717, 1.165) is 25.7 Å². The molecule has 0 N–H and O–H groups in total. The largest absolute Gasteiger partial charge is 0.335 e. The summed E-state index contributed by atoms with van der Waals surface area (Å²) in [4.78, 5) is 28.0. The highest BCUT2D eigenvalue weighted by molar-refractivity contribution is 5.76. The van der Waals surface area contributed by atoms with Crippen molar-refractivity contribution >= 4 is 5.91 Å². The molecule has 1 aromatic heterocycles. The van der Waals surface area contributed by atoms with Gasteiger partial charge in [-0.3, -0.25) is 9.59 Å². The van der Waals surface area contributed by atoms with Crippen LogP contribution in [0.3, 0.4) is 0 Å². The van der Waals surface area contributed by atoms with E-state index in [9.17, 15) is 14.9 Å². The molecule has 0 saturated heterocycles. The fourth-order valence-electron chi connectivity index (χ4n) is 4.64. The van der Waals surface area contributed by atoms with Crippen molar-refractivity contribution in [1.29, 1.82) is 5.26 Å². The van der Waals surface area contributed by atoms with Gasteiger partial charge in [0.2, 0.25) is 5.91 Å². The average Bonchev–Trinajstić information content (AvgIpc) is 2.68. The number of hydrogen-bond acceptors (Lipinski definition) is 4. The molecular weight excluding hydrogens is 340 g/mol. The van der Waals surface area contributed by atoms with Crippen LogP contribution in [0.2, 0.25) is 0 Å². The zero-order chi connectivity index (χ0) is 19.4. The lowest BCUT2D eigenvalue weighted by Crippen LogP contribution is -2.50. The molecule has 27 heavy (non-hydrogen) atoms. The van der Waals surface area contributed by atoms with Gasteiger partial charge in [-0.25, -0.2) is 4.68 Å². The van der Waals surface area contributed by atoms with E-state index in [1.807, 2.05) is 6.07 Å². The minimum Gasteiger partial charge on any atom is -0.335 e. The van der Waals surface area contributed by atoms with Gasteiger partial charge in [0.25, 0.3) is 5.56 Å². The van der Waals surface area contributed by atoms with Gasteiger partial charge in [0, 0.05) is 12.1 Å². The van der Waals surface area contributed by atoms with Crippen LogP contribution in [0.15, 0.2) is 4.79 Å². The molecule has 2 aliphatic carbocycles. The van der Waals surface area contributed by atoms with Crippen molar-refractivity contribution in [2.75, 3.05) is 0 Å². The summed E-state index contributed by atoms with van der Waals surface area (Å²) in [6, 6.07) is 2.54. The summed E-state index contributed by atoms with van der Waals surface area (Å²) in [7, 11) is 0. The first-order valence-corrected chi connectivity index (χ1v) is 10.3. The van der Waals surface area contributed by atoms with Crippen LogP contribution in [0.5, 0.6) is 0 Å². The van der Waals surface area contributed by atoms with Crippen molar-refractivity contribution in [1.82, 2.24) is 14.7 Å². The number of aromatic nitrogens is 2. The monoisotopic (exact) mass is 370 g/mol. The Kier molecular flexibility index (Phi) is 6.30. The van der Waals surface area contributed by atoms with Crippen molar-refractivity contribution in [3.63, 3.8) is 0 Å². The molecule has 0 unspecified atom stereocenters. The maximum Gasteiger partial charge on any atom is 0.285 e. The standard InChI is InChI=1S/C21H30N4O2/c1-15-16(2)23-24(21(27)19(15)13-22)14-20(26)25(17-9-5-3-6-10-17)18-11-7-4-8-12-18/h17-18H,3-12,14H2,1-2H3. The Bertz CT molecular complexity index is 763. The van der Waals surface area contributed by atoms with Gasteiger partial charge < -0.3 is 4.90 Å². The summed E-state index contributed by atoms with van der Waals surface area (Å²) in [5.41, 5.74) is 0.863. The Labute approximate surface area is 161 Å². The van der Waals surface area contributed by atoms with Crippen LogP contribution >= 0.6 is 0 Å². The molecule has 0 radical (unpaired) electrons. The molecule has 0 spiro atoms. The van der Waals surface area contributed by atoms with Crippen molar-refractivity contribution in [2.24, 2.45) is 0 Å². The molecule has 1 aromatic rings. The number of hydrogen-bond donors (Lipinski definition) is 0. The fraction of sp³-hybridized carbons (Fsp3) is 0.714. The predicted molar refractivity (Wildman–Crippen MR) is 103 cm³/mol. The molecule has 3 rings (SSSR count). The van der Waals surface area contributed by atoms with Gasteiger partial charge in [-0.1, -0.05) is 38.5 Å². The van der Waals surface area contributed by atoms with Gasteiger partial charge in [-0.15, -0.1) is 0 Å². The second-order valence-corrected chi connectivity index (χ2v) is 8.04. The summed E-state index contributed by atoms with van der Waals surface area (Å²) < 4.78 is 1.20.